The smallest absolute Gasteiger partial charge is 0.229 e. The summed E-state index contributed by atoms with van der Waals surface area (Å²) in [5.74, 6) is -0.324. The van der Waals surface area contributed by atoms with Crippen molar-refractivity contribution < 1.29 is 13.7 Å². The minimum absolute atomic E-state index is 0.0417. The summed E-state index contributed by atoms with van der Waals surface area (Å²) in [6.07, 6.45) is 1.90. The number of hydrogen-bond donors (Lipinski definition) is 0. The maximum absolute atomic E-state index is 13.4. The van der Waals surface area contributed by atoms with Crippen LogP contribution in [0.5, 0.6) is 0 Å². The second-order valence-electron chi connectivity index (χ2n) is 5.50. The van der Waals surface area contributed by atoms with Gasteiger partial charge in [0.1, 0.15) is 5.82 Å². The van der Waals surface area contributed by atoms with Gasteiger partial charge in [-0.1, -0.05) is 17.3 Å². The fourth-order valence-electron chi connectivity index (χ4n) is 2.94. The van der Waals surface area contributed by atoms with Crippen LogP contribution in [0.3, 0.4) is 0 Å². The summed E-state index contributed by atoms with van der Waals surface area (Å²) in [7, 11) is 0. The van der Waals surface area contributed by atoms with E-state index in [4.69, 9.17) is 16.1 Å². The van der Waals surface area contributed by atoms with Crippen LogP contribution in [0.25, 0.3) is 0 Å². The molecule has 0 bridgehead atoms. The Labute approximate surface area is 132 Å². The van der Waals surface area contributed by atoms with Gasteiger partial charge in [-0.05, 0) is 49.1 Å². The fourth-order valence-corrected chi connectivity index (χ4v) is 3.17. The van der Waals surface area contributed by atoms with E-state index in [0.717, 1.165) is 18.4 Å². The van der Waals surface area contributed by atoms with Gasteiger partial charge in [-0.15, -0.1) is 0 Å². The average molecular weight is 323 g/mol. The molecule has 0 radical (unpaired) electrons. The molecule has 1 aromatic heterocycles. The molecule has 2 heterocycles. The van der Waals surface area contributed by atoms with Crippen molar-refractivity contribution in [1.82, 2.24) is 10.1 Å². The Kier molecular flexibility index (Phi) is 4.16. The van der Waals surface area contributed by atoms with Gasteiger partial charge in [-0.2, -0.15) is 0 Å². The van der Waals surface area contributed by atoms with Gasteiger partial charge in [0.15, 0.2) is 0 Å². The zero-order valence-corrected chi connectivity index (χ0v) is 12.9. The van der Waals surface area contributed by atoms with E-state index in [1.165, 1.54) is 12.1 Å². The predicted octanol–water partition coefficient (Wildman–Crippen LogP) is 3.68. The molecule has 3 rings (SSSR count). The highest BCUT2D eigenvalue weighted by Gasteiger charge is 2.31. The third-order valence-corrected chi connectivity index (χ3v) is 4.37. The lowest BCUT2D eigenvalue weighted by molar-refractivity contribution is -0.131. The van der Waals surface area contributed by atoms with E-state index in [-0.39, 0.29) is 29.4 Å². The molecule has 1 saturated heterocycles. The maximum Gasteiger partial charge on any atom is 0.229 e. The van der Waals surface area contributed by atoms with Crippen molar-refractivity contribution in [2.75, 3.05) is 6.54 Å². The first-order valence-corrected chi connectivity index (χ1v) is 7.59. The second kappa shape index (κ2) is 6.08. The van der Waals surface area contributed by atoms with Crippen molar-refractivity contribution in [2.24, 2.45) is 0 Å². The number of hydrogen-bond acceptors (Lipinski definition) is 3. The van der Waals surface area contributed by atoms with Gasteiger partial charge in [0.25, 0.3) is 0 Å². The molecular formula is C16H16ClFN2O2. The van der Waals surface area contributed by atoms with Crippen LogP contribution in [0, 0.1) is 12.7 Å². The summed E-state index contributed by atoms with van der Waals surface area (Å²) in [6, 6.07) is 6.35. The highest BCUT2D eigenvalue weighted by molar-refractivity contribution is 6.29. The van der Waals surface area contributed by atoms with Gasteiger partial charge in [-0.3, -0.25) is 4.79 Å². The maximum atomic E-state index is 13.4. The van der Waals surface area contributed by atoms with Crippen LogP contribution in [0.15, 0.2) is 28.8 Å². The zero-order valence-electron chi connectivity index (χ0n) is 12.2. The lowest BCUT2D eigenvalue weighted by Crippen LogP contribution is -2.32. The summed E-state index contributed by atoms with van der Waals surface area (Å²) in [5.41, 5.74) is 2.08. The van der Waals surface area contributed by atoms with Gasteiger partial charge in [-0.25, -0.2) is 4.39 Å². The van der Waals surface area contributed by atoms with E-state index in [0.29, 0.717) is 17.8 Å². The third kappa shape index (κ3) is 2.86. The minimum Gasteiger partial charge on any atom is -0.344 e. The first kappa shape index (κ1) is 15.0. The zero-order chi connectivity index (χ0) is 15.7. The van der Waals surface area contributed by atoms with Crippen molar-refractivity contribution in [3.05, 3.63) is 52.1 Å². The molecule has 1 fully saturated rings. The van der Waals surface area contributed by atoms with Crippen LogP contribution in [0.2, 0.25) is 5.22 Å². The number of likely N-dealkylation sites (tertiary alicyclic amines) is 1. The Bertz CT molecular complexity index is 682. The number of aromatic nitrogens is 1. The molecule has 1 amide bonds. The van der Waals surface area contributed by atoms with E-state index in [1.54, 1.807) is 17.9 Å². The SMILES string of the molecule is Cc1noc(Cl)c1CC(=O)N1CCC[C@H]1c1cccc(F)c1. The molecule has 116 valence electrons. The van der Waals surface area contributed by atoms with Crippen LogP contribution < -0.4 is 0 Å². The van der Waals surface area contributed by atoms with E-state index >= 15 is 0 Å². The van der Waals surface area contributed by atoms with Crippen molar-refractivity contribution >= 4 is 17.5 Å². The van der Waals surface area contributed by atoms with Crippen molar-refractivity contribution in [1.29, 1.82) is 0 Å². The molecule has 6 heteroatoms. The Morgan fingerprint density at radius 3 is 3.05 bits per heavy atom. The number of carbonyl (C=O) groups excluding carboxylic acids is 1. The molecule has 0 unspecified atom stereocenters. The van der Waals surface area contributed by atoms with Gasteiger partial charge in [0.05, 0.1) is 18.2 Å². The molecule has 1 aromatic carbocycles. The quantitative estimate of drug-likeness (QED) is 0.866. The van der Waals surface area contributed by atoms with Crippen LogP contribution in [0.4, 0.5) is 4.39 Å². The number of benzene rings is 1. The highest BCUT2D eigenvalue weighted by Crippen LogP contribution is 2.33. The van der Waals surface area contributed by atoms with Gasteiger partial charge < -0.3 is 9.42 Å². The van der Waals surface area contributed by atoms with E-state index in [9.17, 15) is 9.18 Å². The number of nitrogens with zero attached hydrogens (tertiary/aromatic N) is 2. The van der Waals surface area contributed by atoms with Crippen LogP contribution >= 0.6 is 11.6 Å². The monoisotopic (exact) mass is 322 g/mol. The van der Waals surface area contributed by atoms with Crippen molar-refractivity contribution in [3.8, 4) is 0 Å². The average Bonchev–Trinajstić information content (AvgIpc) is 3.09. The Morgan fingerprint density at radius 2 is 2.36 bits per heavy atom. The molecule has 22 heavy (non-hydrogen) atoms. The summed E-state index contributed by atoms with van der Waals surface area (Å²) in [6.45, 7) is 2.42. The molecular weight excluding hydrogens is 307 g/mol. The first-order valence-electron chi connectivity index (χ1n) is 7.22. The lowest BCUT2D eigenvalue weighted by atomic mass is 10.0. The number of carbonyl (C=O) groups is 1. The Balaban J connectivity index is 1.80. The normalized spacial score (nSPS) is 18.0. The lowest BCUT2D eigenvalue weighted by Gasteiger charge is -2.25. The van der Waals surface area contributed by atoms with Gasteiger partial charge in [0.2, 0.25) is 11.1 Å². The molecule has 2 aromatic rings. The fraction of sp³-hybridized carbons (Fsp3) is 0.375. The van der Waals surface area contributed by atoms with E-state index < -0.39 is 0 Å². The van der Waals surface area contributed by atoms with E-state index in [2.05, 4.69) is 5.16 Å². The molecule has 1 aliphatic heterocycles. The number of amides is 1. The standard InChI is InChI=1S/C16H16ClFN2O2/c1-10-13(16(17)22-19-10)9-15(21)20-7-3-6-14(20)11-4-2-5-12(18)8-11/h2,4-5,8,14H,3,6-7,9H2,1H3/t14-/m0/s1. The van der Waals surface area contributed by atoms with Crippen LogP contribution in [0.1, 0.15) is 35.7 Å². The number of rotatable bonds is 3. The summed E-state index contributed by atoms with van der Waals surface area (Å²) < 4.78 is 18.3. The van der Waals surface area contributed by atoms with Crippen LogP contribution in [-0.4, -0.2) is 22.5 Å². The first-order chi connectivity index (χ1) is 10.6. The predicted molar refractivity (Wildman–Crippen MR) is 80.0 cm³/mol. The molecule has 1 aliphatic rings. The Morgan fingerprint density at radius 1 is 1.55 bits per heavy atom. The van der Waals surface area contributed by atoms with Gasteiger partial charge >= 0.3 is 0 Å². The second-order valence-corrected chi connectivity index (χ2v) is 5.84. The van der Waals surface area contributed by atoms with Crippen LogP contribution in [-0.2, 0) is 11.2 Å². The summed E-state index contributed by atoms with van der Waals surface area (Å²) in [4.78, 5) is 14.4. The van der Waals surface area contributed by atoms with E-state index in [1.807, 2.05) is 6.07 Å². The number of aryl methyl sites for hydroxylation is 1. The Hall–Kier alpha value is -1.88. The molecule has 0 N–H and O–H groups in total. The molecule has 0 saturated carbocycles. The van der Waals surface area contributed by atoms with Gasteiger partial charge in [0, 0.05) is 12.1 Å². The largest absolute Gasteiger partial charge is 0.344 e. The summed E-state index contributed by atoms with van der Waals surface area (Å²) >= 11 is 5.92. The third-order valence-electron chi connectivity index (χ3n) is 4.07. The molecule has 4 nitrogen and oxygen atoms in total. The van der Waals surface area contributed by atoms with Crippen molar-refractivity contribution in [3.63, 3.8) is 0 Å². The topological polar surface area (TPSA) is 46.3 Å². The summed E-state index contributed by atoms with van der Waals surface area (Å²) in [5, 5.41) is 3.92. The minimum atomic E-state index is -0.283. The highest BCUT2D eigenvalue weighted by atomic mass is 35.5. The molecule has 0 spiro atoms. The molecule has 1 atom stereocenters. The van der Waals surface area contributed by atoms with Crippen molar-refractivity contribution in [2.45, 2.75) is 32.2 Å². The molecule has 0 aliphatic carbocycles. The number of halogens is 2.